The van der Waals surface area contributed by atoms with Crippen LogP contribution in [0, 0.1) is 0 Å². The van der Waals surface area contributed by atoms with Gasteiger partial charge < -0.3 is 10.2 Å². The van der Waals surface area contributed by atoms with E-state index in [-0.39, 0.29) is 24.1 Å². The van der Waals surface area contributed by atoms with Gasteiger partial charge in [-0.1, -0.05) is 0 Å². The molecule has 0 saturated carbocycles. The number of carbonyl (C=O) groups is 2. The van der Waals surface area contributed by atoms with Crippen molar-refractivity contribution in [2.75, 3.05) is 29.4 Å². The Labute approximate surface area is 164 Å². The molecule has 0 radical (unpaired) electrons. The van der Waals surface area contributed by atoms with Gasteiger partial charge in [0.2, 0.25) is 15.9 Å². The van der Waals surface area contributed by atoms with Gasteiger partial charge in [0.1, 0.15) is 0 Å². The summed E-state index contributed by atoms with van der Waals surface area (Å²) < 4.78 is 26.3. The third-order valence-corrected chi connectivity index (χ3v) is 6.25. The summed E-state index contributed by atoms with van der Waals surface area (Å²) >= 11 is 4.60. The van der Waals surface area contributed by atoms with Gasteiger partial charge in [0.15, 0.2) is 0 Å². The monoisotopic (exact) mass is 459 g/mol. The van der Waals surface area contributed by atoms with Crippen molar-refractivity contribution in [1.29, 1.82) is 0 Å². The number of hydrogen-bond acceptors (Lipinski definition) is 5. The molecule has 2 rings (SSSR count). The van der Waals surface area contributed by atoms with Crippen LogP contribution in [0.4, 0.5) is 11.4 Å². The molecule has 0 atom stereocenters. The maximum absolute atomic E-state index is 12.2. The molecule has 0 unspecified atom stereocenters. The highest BCUT2D eigenvalue weighted by atomic mass is 79.9. The molecule has 0 spiro atoms. The standard InChI is InChI=1S/C16H18BrN3O4S2/c1-3-26(23,24)19-12-6-4-11(5-7-12)18-15(21)10-20(2)16(22)13-8-9-14(17)25-13/h4-9,19H,3,10H2,1-2H3,(H,18,21). The van der Waals surface area contributed by atoms with Gasteiger partial charge in [-0.2, -0.15) is 0 Å². The van der Waals surface area contributed by atoms with E-state index in [0.717, 1.165) is 3.79 Å². The van der Waals surface area contributed by atoms with E-state index in [4.69, 9.17) is 0 Å². The van der Waals surface area contributed by atoms with Crippen LogP contribution in [0.25, 0.3) is 0 Å². The van der Waals surface area contributed by atoms with Crippen LogP contribution < -0.4 is 10.0 Å². The molecule has 140 valence electrons. The Bertz CT molecular complexity index is 894. The number of sulfonamides is 1. The summed E-state index contributed by atoms with van der Waals surface area (Å²) in [6.07, 6.45) is 0. The molecule has 2 N–H and O–H groups in total. The lowest BCUT2D eigenvalue weighted by Crippen LogP contribution is -2.34. The van der Waals surface area contributed by atoms with Gasteiger partial charge in [-0.25, -0.2) is 8.42 Å². The quantitative estimate of drug-likeness (QED) is 0.664. The Hall–Kier alpha value is -1.91. The first-order chi connectivity index (χ1) is 12.2. The second-order valence-electron chi connectivity index (χ2n) is 5.40. The highest BCUT2D eigenvalue weighted by Crippen LogP contribution is 2.23. The summed E-state index contributed by atoms with van der Waals surface area (Å²) in [5.41, 5.74) is 0.926. The molecule has 10 heteroatoms. The zero-order valence-corrected chi connectivity index (χ0v) is 17.4. The number of amides is 2. The molecule has 2 aromatic rings. The Morgan fingerprint density at radius 1 is 1.12 bits per heavy atom. The van der Waals surface area contributed by atoms with E-state index in [9.17, 15) is 18.0 Å². The minimum absolute atomic E-state index is 0.0212. The highest BCUT2D eigenvalue weighted by molar-refractivity contribution is 9.11. The lowest BCUT2D eigenvalue weighted by atomic mass is 10.3. The molecule has 0 bridgehead atoms. The largest absolute Gasteiger partial charge is 0.332 e. The van der Waals surface area contributed by atoms with Crippen molar-refractivity contribution in [3.05, 3.63) is 45.1 Å². The number of benzene rings is 1. The summed E-state index contributed by atoms with van der Waals surface area (Å²) in [5, 5.41) is 2.67. The summed E-state index contributed by atoms with van der Waals surface area (Å²) in [7, 11) is -1.79. The van der Waals surface area contributed by atoms with Gasteiger partial charge in [-0.05, 0) is 59.3 Å². The molecule has 7 nitrogen and oxygen atoms in total. The molecule has 1 aromatic heterocycles. The molecule has 0 aliphatic carbocycles. The zero-order valence-electron chi connectivity index (χ0n) is 14.2. The van der Waals surface area contributed by atoms with Crippen molar-refractivity contribution < 1.29 is 18.0 Å². The van der Waals surface area contributed by atoms with Crippen LogP contribution in [0.2, 0.25) is 0 Å². The average molecular weight is 460 g/mol. The summed E-state index contributed by atoms with van der Waals surface area (Å²) in [4.78, 5) is 26.2. The first kappa shape index (κ1) is 20.4. The maximum atomic E-state index is 12.2. The number of hydrogen-bond donors (Lipinski definition) is 2. The smallest absolute Gasteiger partial charge is 0.264 e. The van der Waals surface area contributed by atoms with Gasteiger partial charge in [-0.15, -0.1) is 11.3 Å². The van der Waals surface area contributed by atoms with E-state index in [1.54, 1.807) is 50.4 Å². The lowest BCUT2D eigenvalue weighted by Gasteiger charge is -2.16. The van der Waals surface area contributed by atoms with Crippen LogP contribution >= 0.6 is 27.3 Å². The molecular formula is C16H18BrN3O4S2. The molecule has 0 aliphatic heterocycles. The van der Waals surface area contributed by atoms with Crippen molar-refractivity contribution in [3.63, 3.8) is 0 Å². The molecule has 1 aromatic carbocycles. The Kier molecular flexibility index (Phi) is 6.79. The Balaban J connectivity index is 1.92. The first-order valence-electron chi connectivity index (χ1n) is 7.61. The first-order valence-corrected chi connectivity index (χ1v) is 10.9. The van der Waals surface area contributed by atoms with Crippen molar-refractivity contribution >= 4 is 60.5 Å². The second kappa shape index (κ2) is 8.65. The fraction of sp³-hybridized carbons (Fsp3) is 0.250. The summed E-state index contributed by atoms with van der Waals surface area (Å²) in [6.45, 7) is 1.45. The van der Waals surface area contributed by atoms with E-state index in [1.807, 2.05) is 0 Å². The summed E-state index contributed by atoms with van der Waals surface area (Å²) in [6, 6.07) is 9.76. The number of nitrogens with zero attached hydrogens (tertiary/aromatic N) is 1. The minimum Gasteiger partial charge on any atom is -0.332 e. The molecule has 0 saturated heterocycles. The van der Waals surface area contributed by atoms with Gasteiger partial charge in [0.05, 0.1) is 21.0 Å². The number of likely N-dealkylation sites (N-methyl/N-ethyl adjacent to an activating group) is 1. The third-order valence-electron chi connectivity index (χ3n) is 3.33. The van der Waals surface area contributed by atoms with Crippen LogP contribution in [0.3, 0.4) is 0 Å². The number of rotatable bonds is 7. The molecule has 0 fully saturated rings. The van der Waals surface area contributed by atoms with Gasteiger partial charge in [0.25, 0.3) is 5.91 Å². The van der Waals surface area contributed by atoms with Crippen LogP contribution in [-0.4, -0.2) is 44.5 Å². The minimum atomic E-state index is -3.34. The number of thiophene rings is 1. The zero-order chi connectivity index (χ0) is 19.3. The molecular weight excluding hydrogens is 442 g/mol. The SMILES string of the molecule is CCS(=O)(=O)Nc1ccc(NC(=O)CN(C)C(=O)c2ccc(Br)s2)cc1. The van der Waals surface area contributed by atoms with Crippen LogP contribution in [-0.2, 0) is 14.8 Å². The normalized spacial score (nSPS) is 11.0. The summed E-state index contributed by atoms with van der Waals surface area (Å²) in [5.74, 6) is -0.606. The fourth-order valence-corrected chi connectivity index (χ4v) is 4.00. The van der Waals surface area contributed by atoms with E-state index in [1.165, 1.54) is 16.2 Å². The van der Waals surface area contributed by atoms with Crippen molar-refractivity contribution in [1.82, 2.24) is 4.90 Å². The number of halogens is 1. The third kappa shape index (κ3) is 5.82. The van der Waals surface area contributed by atoms with Crippen molar-refractivity contribution in [2.45, 2.75) is 6.92 Å². The number of anilines is 2. The van der Waals surface area contributed by atoms with Crippen LogP contribution in [0.15, 0.2) is 40.2 Å². The van der Waals surface area contributed by atoms with Crippen LogP contribution in [0.5, 0.6) is 0 Å². The topological polar surface area (TPSA) is 95.6 Å². The van der Waals surface area contributed by atoms with E-state index >= 15 is 0 Å². The van der Waals surface area contributed by atoms with Crippen LogP contribution in [0.1, 0.15) is 16.6 Å². The Morgan fingerprint density at radius 3 is 2.27 bits per heavy atom. The molecule has 0 aliphatic rings. The maximum Gasteiger partial charge on any atom is 0.264 e. The van der Waals surface area contributed by atoms with Gasteiger partial charge in [-0.3, -0.25) is 14.3 Å². The molecule has 26 heavy (non-hydrogen) atoms. The number of carbonyl (C=O) groups excluding carboxylic acids is 2. The van der Waals surface area contributed by atoms with Crippen molar-refractivity contribution in [3.8, 4) is 0 Å². The second-order valence-corrected chi connectivity index (χ2v) is 9.87. The fourth-order valence-electron chi connectivity index (χ4n) is 1.98. The van der Waals surface area contributed by atoms with E-state index in [2.05, 4.69) is 26.0 Å². The predicted molar refractivity (Wildman–Crippen MR) is 107 cm³/mol. The Morgan fingerprint density at radius 2 is 1.73 bits per heavy atom. The van der Waals surface area contributed by atoms with Gasteiger partial charge in [0, 0.05) is 18.4 Å². The predicted octanol–water partition coefficient (Wildman–Crippen LogP) is 2.98. The molecule has 1 heterocycles. The van der Waals surface area contributed by atoms with Crippen molar-refractivity contribution in [2.24, 2.45) is 0 Å². The van der Waals surface area contributed by atoms with E-state index in [0.29, 0.717) is 16.3 Å². The lowest BCUT2D eigenvalue weighted by molar-refractivity contribution is -0.116. The highest BCUT2D eigenvalue weighted by Gasteiger charge is 2.16. The average Bonchev–Trinajstić information content (AvgIpc) is 3.02. The van der Waals surface area contributed by atoms with E-state index < -0.39 is 10.0 Å². The number of nitrogens with one attached hydrogen (secondary N) is 2. The van der Waals surface area contributed by atoms with Gasteiger partial charge >= 0.3 is 0 Å². The molecule has 2 amide bonds.